The average Bonchev–Trinajstić information content (AvgIpc) is 3.81. The Morgan fingerprint density at radius 2 is 1.24 bits per heavy atom. The van der Waals surface area contributed by atoms with Crippen molar-refractivity contribution in [3.63, 3.8) is 0 Å². The van der Waals surface area contributed by atoms with Gasteiger partial charge in [-0.15, -0.1) is 0 Å². The second kappa shape index (κ2) is 15.1. The predicted octanol–water partition coefficient (Wildman–Crippen LogP) is 11.5. The number of fused-ring (bicyclic) bond motifs is 2. The number of carbonyl (C=O) groups excluding carboxylic acids is 2. The third-order valence-electron chi connectivity index (χ3n) is 11.6. The van der Waals surface area contributed by atoms with Crippen LogP contribution in [0.4, 0.5) is 13.6 Å². The van der Waals surface area contributed by atoms with Gasteiger partial charge < -0.3 is 24.3 Å². The van der Waals surface area contributed by atoms with Crippen LogP contribution in [0.5, 0.6) is 0 Å². The van der Waals surface area contributed by atoms with Crippen molar-refractivity contribution in [2.24, 2.45) is 17.8 Å². The maximum absolute atomic E-state index is 14.5. The highest BCUT2D eigenvalue weighted by Crippen LogP contribution is 2.43. The minimum absolute atomic E-state index is 0.0443. The topological polar surface area (TPSA) is 87.4 Å². The van der Waals surface area contributed by atoms with Crippen LogP contribution in [0, 0.1) is 29.4 Å². The maximum atomic E-state index is 14.5. The summed E-state index contributed by atoms with van der Waals surface area (Å²) in [5.41, 5.74) is 6.36. The summed E-state index contributed by atoms with van der Waals surface area (Å²) in [5.74, 6) is 0.177. The zero-order valence-electron chi connectivity index (χ0n) is 33.3. The molecule has 1 unspecified atom stereocenters. The third-order valence-corrected chi connectivity index (χ3v) is 11.6. The number of amides is 1. The molecule has 4 atom stereocenters. The fraction of sp³-hybridized carbons (Fsp3) is 0.478. The molecule has 3 aromatic carbocycles. The van der Waals surface area contributed by atoms with Crippen LogP contribution in [0.2, 0.25) is 0 Å². The molecule has 2 aromatic heterocycles. The summed E-state index contributed by atoms with van der Waals surface area (Å²) in [4.78, 5) is 34.9. The fourth-order valence-electron chi connectivity index (χ4n) is 9.01. The van der Waals surface area contributed by atoms with Crippen LogP contribution in [-0.4, -0.2) is 50.7 Å². The first kappa shape index (κ1) is 38.6. The Balaban J connectivity index is 1.19. The number of nitrogens with one attached hydrogen (secondary N) is 2. The van der Waals surface area contributed by atoms with E-state index >= 15 is 0 Å². The summed E-state index contributed by atoms with van der Waals surface area (Å²) in [5, 5.41) is 1.94. The van der Waals surface area contributed by atoms with Gasteiger partial charge in [0.05, 0.1) is 0 Å². The summed E-state index contributed by atoms with van der Waals surface area (Å²) in [6, 6.07) is 18.1. The number of nitrogens with zero attached hydrogens (tertiary/aromatic N) is 1. The first-order chi connectivity index (χ1) is 26.0. The van der Waals surface area contributed by atoms with Crippen molar-refractivity contribution in [2.75, 3.05) is 6.54 Å². The smallest absolute Gasteiger partial charge is 0.410 e. The highest BCUT2D eigenvalue weighted by Gasteiger charge is 2.35. The molecular formula is C46H55F2N3O4. The lowest BCUT2D eigenvalue weighted by Crippen LogP contribution is -2.40. The van der Waals surface area contributed by atoms with Crippen LogP contribution in [-0.2, 0) is 27.1 Å². The van der Waals surface area contributed by atoms with Crippen LogP contribution < -0.4 is 0 Å². The number of rotatable bonds is 8. The molecule has 1 amide bonds. The van der Waals surface area contributed by atoms with E-state index in [-0.39, 0.29) is 35.7 Å². The third kappa shape index (κ3) is 8.61. The zero-order chi connectivity index (χ0) is 39.2. The molecule has 3 heterocycles. The van der Waals surface area contributed by atoms with Crippen LogP contribution in [0.3, 0.4) is 0 Å². The Bertz CT molecular complexity index is 2190. The fourth-order valence-corrected chi connectivity index (χ4v) is 9.01. The largest absolute Gasteiger partial charge is 0.460 e. The first-order valence-electron chi connectivity index (χ1n) is 20.0. The van der Waals surface area contributed by atoms with Gasteiger partial charge in [-0.3, -0.25) is 4.79 Å². The summed E-state index contributed by atoms with van der Waals surface area (Å²) in [6.07, 6.45) is 6.41. The number of H-pyrrole nitrogens is 2. The molecule has 1 aliphatic heterocycles. The summed E-state index contributed by atoms with van der Waals surface area (Å²) in [7, 11) is 0. The Hall–Kier alpha value is -4.66. The van der Waals surface area contributed by atoms with Gasteiger partial charge in [-0.05, 0) is 156 Å². The van der Waals surface area contributed by atoms with Gasteiger partial charge in [-0.2, -0.15) is 0 Å². The lowest BCUT2D eigenvalue weighted by Gasteiger charge is -2.36. The SMILES string of the molecule is C[C@H]1C(CC(=O)OC(C)(C)C)CCC[C@H]1Cc1c(-c2ccc(-c3[nH]c4cc(F)ccc4c3C[C@@H]3CCCN3C(=O)OC(C)(C)C)cc2)[nH]c2cc(F)ccc12. The van der Waals surface area contributed by atoms with Gasteiger partial charge in [0.1, 0.15) is 22.8 Å². The summed E-state index contributed by atoms with van der Waals surface area (Å²) in [6.45, 7) is 14.3. The number of benzene rings is 3. The molecule has 7 rings (SSSR count). The second-order valence-corrected chi connectivity index (χ2v) is 17.9. The molecule has 1 aliphatic carbocycles. The summed E-state index contributed by atoms with van der Waals surface area (Å²) < 4.78 is 40.5. The predicted molar refractivity (Wildman–Crippen MR) is 215 cm³/mol. The van der Waals surface area contributed by atoms with E-state index in [1.54, 1.807) is 6.07 Å². The Labute approximate surface area is 323 Å². The number of aromatic amines is 2. The quantitative estimate of drug-likeness (QED) is 0.155. The van der Waals surface area contributed by atoms with E-state index in [1.165, 1.54) is 18.2 Å². The van der Waals surface area contributed by atoms with Gasteiger partial charge in [0.2, 0.25) is 0 Å². The van der Waals surface area contributed by atoms with E-state index in [1.807, 2.05) is 58.6 Å². The van der Waals surface area contributed by atoms with Gasteiger partial charge in [0, 0.05) is 52.2 Å². The number of aromatic nitrogens is 2. The molecule has 1 saturated heterocycles. The average molecular weight is 752 g/mol. The molecule has 5 aromatic rings. The Morgan fingerprint density at radius 1 is 0.709 bits per heavy atom. The zero-order valence-corrected chi connectivity index (χ0v) is 33.3. The van der Waals surface area contributed by atoms with E-state index in [0.29, 0.717) is 36.7 Å². The van der Waals surface area contributed by atoms with E-state index in [4.69, 9.17) is 9.47 Å². The molecule has 1 saturated carbocycles. The molecule has 292 valence electrons. The lowest BCUT2D eigenvalue weighted by molar-refractivity contribution is -0.157. The number of esters is 1. The molecule has 2 fully saturated rings. The molecule has 2 N–H and O–H groups in total. The standard InChI is InChI=1S/C46H55F2N3O4/c1-27-30(10-8-11-31(27)23-41(52)54-45(2,3)4)22-37-35-19-17-32(47)24-39(35)49-42(37)28-13-15-29(16-14-28)43-38(36-20-18-33(48)25-40(36)50-43)26-34-12-9-21-51(34)44(53)55-46(5,6)7/h13-20,24-25,27,30-31,34,49-50H,8-12,21-23,26H2,1-7H3/t27-,30+,31?,34+/m1/s1. The monoisotopic (exact) mass is 751 g/mol. The number of hydrogen-bond donors (Lipinski definition) is 2. The molecule has 9 heteroatoms. The highest BCUT2D eigenvalue weighted by molar-refractivity contribution is 5.93. The van der Waals surface area contributed by atoms with Gasteiger partial charge in [0.15, 0.2) is 0 Å². The summed E-state index contributed by atoms with van der Waals surface area (Å²) >= 11 is 0. The molecule has 0 radical (unpaired) electrons. The van der Waals surface area contributed by atoms with E-state index in [2.05, 4.69) is 41.2 Å². The normalized spacial score (nSPS) is 20.7. The van der Waals surface area contributed by atoms with Crippen LogP contribution in [0.1, 0.15) is 98.1 Å². The number of ether oxygens (including phenoxy) is 2. The number of hydrogen-bond acceptors (Lipinski definition) is 4. The second-order valence-electron chi connectivity index (χ2n) is 17.9. The number of carbonyl (C=O) groups is 2. The molecular weight excluding hydrogens is 697 g/mol. The minimum Gasteiger partial charge on any atom is -0.460 e. The van der Waals surface area contributed by atoms with Crippen LogP contribution >= 0.6 is 0 Å². The van der Waals surface area contributed by atoms with Crippen molar-refractivity contribution >= 4 is 33.9 Å². The Morgan fingerprint density at radius 3 is 1.78 bits per heavy atom. The van der Waals surface area contributed by atoms with Crippen molar-refractivity contribution in [3.05, 3.63) is 83.4 Å². The van der Waals surface area contributed by atoms with Crippen LogP contribution in [0.25, 0.3) is 44.3 Å². The van der Waals surface area contributed by atoms with Gasteiger partial charge in [-0.25, -0.2) is 13.6 Å². The van der Waals surface area contributed by atoms with E-state index < -0.39 is 11.2 Å². The van der Waals surface area contributed by atoms with Crippen molar-refractivity contribution in [2.45, 2.75) is 117 Å². The number of halogens is 2. The van der Waals surface area contributed by atoms with Gasteiger partial charge in [-0.1, -0.05) is 37.6 Å². The van der Waals surface area contributed by atoms with Crippen molar-refractivity contribution in [1.29, 1.82) is 0 Å². The van der Waals surface area contributed by atoms with Gasteiger partial charge >= 0.3 is 12.1 Å². The highest BCUT2D eigenvalue weighted by atomic mass is 19.1. The first-order valence-corrected chi connectivity index (χ1v) is 20.0. The van der Waals surface area contributed by atoms with Crippen molar-refractivity contribution in [1.82, 2.24) is 14.9 Å². The molecule has 7 nitrogen and oxygen atoms in total. The van der Waals surface area contributed by atoms with Gasteiger partial charge in [0.25, 0.3) is 0 Å². The van der Waals surface area contributed by atoms with Crippen molar-refractivity contribution in [3.8, 4) is 22.5 Å². The minimum atomic E-state index is -0.590. The molecule has 55 heavy (non-hydrogen) atoms. The van der Waals surface area contributed by atoms with Crippen molar-refractivity contribution < 1.29 is 27.8 Å². The maximum Gasteiger partial charge on any atom is 0.410 e. The van der Waals surface area contributed by atoms with E-state index in [9.17, 15) is 18.4 Å². The van der Waals surface area contributed by atoms with Crippen LogP contribution in [0.15, 0.2) is 60.7 Å². The molecule has 2 aliphatic rings. The number of likely N-dealkylation sites (tertiary alicyclic amines) is 1. The molecule has 0 spiro atoms. The van der Waals surface area contributed by atoms with E-state index in [0.717, 1.165) is 88.5 Å². The molecule has 0 bridgehead atoms. The Kier molecular flexibility index (Phi) is 10.6. The lowest BCUT2D eigenvalue weighted by atomic mass is 9.69.